The molecule has 1 heterocycles. The summed E-state index contributed by atoms with van der Waals surface area (Å²) in [5.41, 5.74) is 1.25. The highest BCUT2D eigenvalue weighted by Crippen LogP contribution is 2.26. The number of carbonyl (C=O) groups is 1. The van der Waals surface area contributed by atoms with Gasteiger partial charge in [0.05, 0.1) is 4.90 Å². The molecule has 24 heavy (non-hydrogen) atoms. The number of hydrogen-bond acceptors (Lipinski definition) is 3. The van der Waals surface area contributed by atoms with Crippen molar-refractivity contribution in [3.05, 3.63) is 23.8 Å². The second kappa shape index (κ2) is 8.12. The number of sulfonamides is 1. The zero-order chi connectivity index (χ0) is 17.7. The van der Waals surface area contributed by atoms with Crippen LogP contribution in [0, 0.1) is 12.8 Å². The second-order valence-electron chi connectivity index (χ2n) is 6.62. The number of amides is 1. The lowest BCUT2D eigenvalue weighted by molar-refractivity contribution is -0.119. The third-order valence-corrected chi connectivity index (χ3v) is 6.60. The highest BCUT2D eigenvalue weighted by atomic mass is 32.2. The van der Waals surface area contributed by atoms with Crippen LogP contribution in [0.1, 0.15) is 51.5 Å². The number of aryl methyl sites for hydroxylation is 1. The van der Waals surface area contributed by atoms with E-state index in [0.29, 0.717) is 29.2 Å². The quantitative estimate of drug-likeness (QED) is 0.851. The average Bonchev–Trinajstić information content (AvgIpc) is 2.57. The highest BCUT2D eigenvalue weighted by Gasteiger charge is 2.27. The van der Waals surface area contributed by atoms with Crippen LogP contribution in [-0.4, -0.2) is 31.7 Å². The van der Waals surface area contributed by atoms with E-state index in [0.717, 1.165) is 32.1 Å². The summed E-state index contributed by atoms with van der Waals surface area (Å²) in [4.78, 5) is 12.5. The molecule has 1 unspecified atom stereocenters. The van der Waals surface area contributed by atoms with Crippen molar-refractivity contribution in [3.63, 3.8) is 0 Å². The molecule has 1 saturated heterocycles. The Labute approximate surface area is 145 Å². The summed E-state index contributed by atoms with van der Waals surface area (Å²) in [7, 11) is -3.50. The molecular formula is C18H28N2O3S. The van der Waals surface area contributed by atoms with Gasteiger partial charge in [0.15, 0.2) is 0 Å². The van der Waals surface area contributed by atoms with Crippen molar-refractivity contribution in [3.8, 4) is 0 Å². The van der Waals surface area contributed by atoms with Gasteiger partial charge < -0.3 is 5.32 Å². The first kappa shape index (κ1) is 18.9. The Morgan fingerprint density at radius 2 is 1.92 bits per heavy atom. The number of benzene rings is 1. The predicted molar refractivity (Wildman–Crippen MR) is 96.5 cm³/mol. The summed E-state index contributed by atoms with van der Waals surface area (Å²) < 4.78 is 27.4. The molecule has 1 aliphatic rings. The van der Waals surface area contributed by atoms with Gasteiger partial charge in [0.2, 0.25) is 15.9 Å². The van der Waals surface area contributed by atoms with Gasteiger partial charge in [-0.25, -0.2) is 8.42 Å². The van der Waals surface area contributed by atoms with Crippen LogP contribution >= 0.6 is 0 Å². The number of hydrogen-bond donors (Lipinski definition) is 1. The van der Waals surface area contributed by atoms with Gasteiger partial charge in [-0.15, -0.1) is 0 Å². The van der Waals surface area contributed by atoms with E-state index >= 15 is 0 Å². The zero-order valence-corrected chi connectivity index (χ0v) is 15.7. The lowest BCUT2D eigenvalue weighted by atomic mass is 10.1. The molecule has 1 fully saturated rings. The fourth-order valence-corrected chi connectivity index (χ4v) is 4.80. The Kier molecular flexibility index (Phi) is 6.40. The van der Waals surface area contributed by atoms with E-state index in [1.54, 1.807) is 29.4 Å². The summed E-state index contributed by atoms with van der Waals surface area (Å²) in [6.45, 7) is 6.87. The summed E-state index contributed by atoms with van der Waals surface area (Å²) in [5, 5.41) is 2.85. The molecule has 1 aromatic carbocycles. The minimum absolute atomic E-state index is 0.0676. The number of carbonyl (C=O) groups excluding carboxylic acids is 1. The third-order valence-electron chi connectivity index (χ3n) is 4.56. The maximum absolute atomic E-state index is 12.9. The fourth-order valence-electron chi connectivity index (χ4n) is 3.03. The van der Waals surface area contributed by atoms with Crippen LogP contribution in [0.4, 0.5) is 5.69 Å². The first-order valence-corrected chi connectivity index (χ1v) is 10.2. The molecular weight excluding hydrogens is 324 g/mol. The van der Waals surface area contributed by atoms with Crippen LogP contribution in [0.3, 0.4) is 0 Å². The molecule has 1 atom stereocenters. The summed E-state index contributed by atoms with van der Waals surface area (Å²) in [5.74, 6) is -0.152. The normalized spacial score (nSPS) is 17.5. The molecule has 0 saturated carbocycles. The molecule has 0 radical (unpaired) electrons. The molecule has 0 bridgehead atoms. The Hall–Kier alpha value is -1.40. The number of anilines is 1. The Balaban J connectivity index is 2.23. The lowest BCUT2D eigenvalue weighted by Crippen LogP contribution is -2.36. The van der Waals surface area contributed by atoms with Crippen molar-refractivity contribution in [2.45, 2.75) is 57.8 Å². The van der Waals surface area contributed by atoms with Gasteiger partial charge in [-0.05, 0) is 43.9 Å². The molecule has 1 aromatic rings. The molecule has 0 spiro atoms. The van der Waals surface area contributed by atoms with Crippen LogP contribution in [0.5, 0.6) is 0 Å². The van der Waals surface area contributed by atoms with Gasteiger partial charge in [0.1, 0.15) is 0 Å². The van der Waals surface area contributed by atoms with Crippen molar-refractivity contribution in [2.24, 2.45) is 5.92 Å². The topological polar surface area (TPSA) is 66.5 Å². The first-order valence-electron chi connectivity index (χ1n) is 8.78. The van der Waals surface area contributed by atoms with Crippen molar-refractivity contribution in [1.82, 2.24) is 4.31 Å². The van der Waals surface area contributed by atoms with Gasteiger partial charge in [0, 0.05) is 24.7 Å². The molecule has 1 aliphatic heterocycles. The Morgan fingerprint density at radius 1 is 1.25 bits per heavy atom. The van der Waals surface area contributed by atoms with E-state index in [1.807, 2.05) is 13.8 Å². The maximum atomic E-state index is 12.9. The summed E-state index contributed by atoms with van der Waals surface area (Å²) in [6.07, 6.45) is 4.65. The number of nitrogens with zero attached hydrogens (tertiary/aromatic N) is 1. The van der Waals surface area contributed by atoms with Crippen LogP contribution in [-0.2, 0) is 14.8 Å². The van der Waals surface area contributed by atoms with Crippen molar-refractivity contribution >= 4 is 21.6 Å². The van der Waals surface area contributed by atoms with E-state index in [9.17, 15) is 13.2 Å². The minimum Gasteiger partial charge on any atom is -0.326 e. The van der Waals surface area contributed by atoms with Gasteiger partial charge >= 0.3 is 0 Å². The molecule has 0 aromatic heterocycles. The van der Waals surface area contributed by atoms with Gasteiger partial charge in [-0.2, -0.15) is 4.31 Å². The molecule has 0 aliphatic carbocycles. The SMILES string of the molecule is CCCC(C)C(=O)Nc1ccc(C)c(S(=O)(=O)N2CCCCC2)c1. The van der Waals surface area contributed by atoms with Crippen molar-refractivity contribution < 1.29 is 13.2 Å². The Bertz CT molecular complexity index is 680. The monoisotopic (exact) mass is 352 g/mol. The van der Waals surface area contributed by atoms with Crippen LogP contribution in [0.25, 0.3) is 0 Å². The van der Waals surface area contributed by atoms with E-state index in [4.69, 9.17) is 0 Å². The van der Waals surface area contributed by atoms with E-state index < -0.39 is 10.0 Å². The fraction of sp³-hybridized carbons (Fsp3) is 0.611. The zero-order valence-electron chi connectivity index (χ0n) is 14.8. The minimum atomic E-state index is -3.50. The number of rotatable bonds is 6. The third kappa shape index (κ3) is 4.36. The molecule has 6 heteroatoms. The van der Waals surface area contributed by atoms with Crippen molar-refractivity contribution in [2.75, 3.05) is 18.4 Å². The summed E-state index contributed by atoms with van der Waals surface area (Å²) in [6, 6.07) is 5.12. The molecule has 2 rings (SSSR count). The van der Waals surface area contributed by atoms with E-state index in [1.165, 1.54) is 0 Å². The Morgan fingerprint density at radius 3 is 2.54 bits per heavy atom. The van der Waals surface area contributed by atoms with Crippen LogP contribution in [0.15, 0.2) is 23.1 Å². The molecule has 1 N–H and O–H groups in total. The largest absolute Gasteiger partial charge is 0.326 e. The lowest BCUT2D eigenvalue weighted by Gasteiger charge is -2.26. The molecule has 5 nitrogen and oxygen atoms in total. The van der Waals surface area contributed by atoms with E-state index in [2.05, 4.69) is 5.32 Å². The smallest absolute Gasteiger partial charge is 0.243 e. The molecule has 1 amide bonds. The van der Waals surface area contributed by atoms with Gasteiger partial charge in [-0.3, -0.25) is 4.79 Å². The second-order valence-corrected chi connectivity index (χ2v) is 8.53. The number of piperidine rings is 1. The van der Waals surface area contributed by atoms with E-state index in [-0.39, 0.29) is 11.8 Å². The van der Waals surface area contributed by atoms with Gasteiger partial charge in [0.25, 0.3) is 0 Å². The average molecular weight is 353 g/mol. The summed E-state index contributed by atoms with van der Waals surface area (Å²) >= 11 is 0. The van der Waals surface area contributed by atoms with Crippen molar-refractivity contribution in [1.29, 1.82) is 0 Å². The standard InChI is InChI=1S/C18H28N2O3S/c1-4-8-15(3)18(21)19-16-10-9-14(2)17(13-16)24(22,23)20-11-6-5-7-12-20/h9-10,13,15H,4-8,11-12H2,1-3H3,(H,19,21). The maximum Gasteiger partial charge on any atom is 0.243 e. The van der Waals surface area contributed by atoms with Gasteiger partial charge in [-0.1, -0.05) is 32.8 Å². The molecule has 134 valence electrons. The highest BCUT2D eigenvalue weighted by molar-refractivity contribution is 7.89. The number of nitrogens with one attached hydrogen (secondary N) is 1. The van der Waals surface area contributed by atoms with Crippen LogP contribution < -0.4 is 5.32 Å². The first-order chi connectivity index (χ1) is 11.4. The van der Waals surface area contributed by atoms with Crippen LogP contribution in [0.2, 0.25) is 0 Å². The predicted octanol–water partition coefficient (Wildman–Crippen LogP) is 3.54.